The molecule has 92 valence electrons. The smallest absolute Gasteiger partial charge is 0.316 e. The molecule has 0 aromatic heterocycles. The second-order valence-electron chi connectivity index (χ2n) is 4.08. The molecule has 1 aromatic carbocycles. The maximum Gasteiger partial charge on any atom is 0.316 e. The topological polar surface area (TPSA) is 79.8 Å². The quantitative estimate of drug-likeness (QED) is 0.689. The minimum Gasteiger partial charge on any atom is -0.493 e. The lowest BCUT2D eigenvalue weighted by atomic mass is 10.0. The van der Waals surface area contributed by atoms with Gasteiger partial charge in [-0.1, -0.05) is 18.2 Å². The molecular formula is C12H11N3O3. The highest BCUT2D eigenvalue weighted by atomic mass is 16.5. The van der Waals surface area contributed by atoms with Gasteiger partial charge in [0.1, 0.15) is 5.75 Å². The van der Waals surface area contributed by atoms with Crippen LogP contribution in [0.4, 0.5) is 0 Å². The van der Waals surface area contributed by atoms with E-state index in [-0.39, 0.29) is 12.0 Å². The summed E-state index contributed by atoms with van der Waals surface area (Å²) in [6, 6.07) is 7.51. The van der Waals surface area contributed by atoms with Crippen molar-refractivity contribution in [3.63, 3.8) is 0 Å². The Bertz CT molecular complexity index is 535. The molecule has 2 amide bonds. The Kier molecular flexibility index (Phi) is 2.47. The van der Waals surface area contributed by atoms with Gasteiger partial charge in [0, 0.05) is 12.0 Å². The summed E-state index contributed by atoms with van der Waals surface area (Å²) in [4.78, 5) is 26.4. The molecule has 0 radical (unpaired) electrons. The number of hydrogen-bond donors (Lipinski definition) is 2. The van der Waals surface area contributed by atoms with E-state index in [1.165, 1.54) is 0 Å². The molecule has 0 aliphatic carbocycles. The fraction of sp³-hybridized carbons (Fsp3) is 0.250. The van der Waals surface area contributed by atoms with Crippen LogP contribution in [0.15, 0.2) is 29.3 Å². The SMILES string of the molecule is O=C1NC(=NC2CCOc3ccccc32)NC1=O. The van der Waals surface area contributed by atoms with Crippen LogP contribution in [0.2, 0.25) is 0 Å². The molecular weight excluding hydrogens is 234 g/mol. The van der Waals surface area contributed by atoms with Crippen molar-refractivity contribution in [1.82, 2.24) is 10.6 Å². The predicted octanol–water partition coefficient (Wildman–Crippen LogP) is 0.112. The minimum absolute atomic E-state index is 0.108. The molecule has 1 atom stereocenters. The zero-order valence-corrected chi connectivity index (χ0v) is 9.47. The average Bonchev–Trinajstić information content (AvgIpc) is 2.69. The van der Waals surface area contributed by atoms with Gasteiger partial charge in [-0.3, -0.25) is 20.2 Å². The number of guanidine groups is 1. The van der Waals surface area contributed by atoms with Crippen LogP contribution in [-0.4, -0.2) is 24.4 Å². The van der Waals surface area contributed by atoms with E-state index in [4.69, 9.17) is 4.74 Å². The molecule has 0 saturated carbocycles. The van der Waals surface area contributed by atoms with Crippen LogP contribution in [0.1, 0.15) is 18.0 Å². The average molecular weight is 245 g/mol. The predicted molar refractivity (Wildman–Crippen MR) is 63.0 cm³/mol. The van der Waals surface area contributed by atoms with Crippen molar-refractivity contribution in [2.24, 2.45) is 4.99 Å². The summed E-state index contributed by atoms with van der Waals surface area (Å²) >= 11 is 0. The third-order valence-corrected chi connectivity index (χ3v) is 2.88. The van der Waals surface area contributed by atoms with Crippen molar-refractivity contribution in [2.75, 3.05) is 6.61 Å². The Morgan fingerprint density at radius 3 is 2.67 bits per heavy atom. The zero-order chi connectivity index (χ0) is 12.5. The van der Waals surface area contributed by atoms with Gasteiger partial charge in [-0.15, -0.1) is 0 Å². The molecule has 18 heavy (non-hydrogen) atoms. The van der Waals surface area contributed by atoms with Crippen molar-refractivity contribution < 1.29 is 14.3 Å². The number of ether oxygens (including phenoxy) is 1. The number of carbonyl (C=O) groups is 2. The minimum atomic E-state index is -0.672. The molecule has 1 saturated heterocycles. The Hall–Kier alpha value is -2.37. The van der Waals surface area contributed by atoms with E-state index < -0.39 is 11.8 Å². The van der Waals surface area contributed by atoms with Gasteiger partial charge in [-0.05, 0) is 6.07 Å². The molecule has 1 fully saturated rings. The van der Waals surface area contributed by atoms with Crippen LogP contribution in [0.5, 0.6) is 5.75 Å². The zero-order valence-electron chi connectivity index (χ0n) is 9.47. The first kappa shape index (κ1) is 10.8. The van der Waals surface area contributed by atoms with E-state index in [1.807, 2.05) is 24.3 Å². The number of carbonyl (C=O) groups excluding carboxylic acids is 2. The first-order chi connectivity index (χ1) is 8.74. The summed E-state index contributed by atoms with van der Waals surface area (Å²) in [5, 5.41) is 4.78. The van der Waals surface area contributed by atoms with Crippen molar-refractivity contribution in [2.45, 2.75) is 12.5 Å². The van der Waals surface area contributed by atoms with Crippen LogP contribution in [-0.2, 0) is 9.59 Å². The van der Waals surface area contributed by atoms with Crippen LogP contribution >= 0.6 is 0 Å². The molecule has 3 rings (SSSR count). The van der Waals surface area contributed by atoms with Gasteiger partial charge in [-0.2, -0.15) is 0 Å². The van der Waals surface area contributed by atoms with Crippen molar-refractivity contribution in [3.8, 4) is 5.75 Å². The number of hydrogen-bond acceptors (Lipinski definition) is 4. The molecule has 2 aliphatic heterocycles. The van der Waals surface area contributed by atoms with Gasteiger partial charge in [0.25, 0.3) is 0 Å². The maximum atomic E-state index is 11.0. The van der Waals surface area contributed by atoms with Gasteiger partial charge in [0.15, 0.2) is 0 Å². The lowest BCUT2D eigenvalue weighted by molar-refractivity contribution is -0.135. The van der Waals surface area contributed by atoms with Crippen LogP contribution in [0, 0.1) is 0 Å². The summed E-state index contributed by atoms with van der Waals surface area (Å²) < 4.78 is 5.52. The molecule has 2 aliphatic rings. The second kappa shape index (κ2) is 4.14. The molecule has 0 spiro atoms. The number of fused-ring (bicyclic) bond motifs is 1. The molecule has 1 aromatic rings. The Morgan fingerprint density at radius 2 is 1.89 bits per heavy atom. The molecule has 6 heteroatoms. The fourth-order valence-electron chi connectivity index (χ4n) is 2.04. The van der Waals surface area contributed by atoms with Gasteiger partial charge < -0.3 is 4.74 Å². The van der Waals surface area contributed by atoms with Crippen molar-refractivity contribution in [1.29, 1.82) is 0 Å². The first-order valence-electron chi connectivity index (χ1n) is 5.66. The third-order valence-electron chi connectivity index (χ3n) is 2.88. The molecule has 2 heterocycles. The van der Waals surface area contributed by atoms with E-state index in [0.29, 0.717) is 13.0 Å². The Balaban J connectivity index is 1.89. The lowest BCUT2D eigenvalue weighted by Gasteiger charge is -2.23. The highest BCUT2D eigenvalue weighted by Gasteiger charge is 2.28. The maximum absolute atomic E-state index is 11.0. The molecule has 0 bridgehead atoms. The summed E-state index contributed by atoms with van der Waals surface area (Å²) in [5.74, 6) is -0.330. The summed E-state index contributed by atoms with van der Waals surface area (Å²) in [6.07, 6.45) is 0.715. The van der Waals surface area contributed by atoms with Crippen molar-refractivity contribution >= 4 is 17.8 Å². The van der Waals surface area contributed by atoms with Crippen LogP contribution in [0.3, 0.4) is 0 Å². The lowest BCUT2D eigenvalue weighted by Crippen LogP contribution is -2.27. The summed E-state index contributed by atoms with van der Waals surface area (Å²) in [6.45, 7) is 0.570. The highest BCUT2D eigenvalue weighted by Crippen LogP contribution is 2.34. The number of para-hydroxylation sites is 1. The van der Waals surface area contributed by atoms with Crippen molar-refractivity contribution in [3.05, 3.63) is 29.8 Å². The number of nitrogens with zero attached hydrogens (tertiary/aromatic N) is 1. The summed E-state index contributed by atoms with van der Waals surface area (Å²) in [7, 11) is 0. The standard InChI is InChI=1S/C12H11N3O3/c16-10-11(17)15-12(14-10)13-8-5-6-18-9-4-2-1-3-7(8)9/h1-4,8H,5-6H2,(H2,13,14,15,16,17). The highest BCUT2D eigenvalue weighted by molar-refractivity contribution is 6.45. The number of rotatable bonds is 1. The number of benzene rings is 1. The number of aliphatic imine (C=N–C) groups is 1. The second-order valence-corrected chi connectivity index (χ2v) is 4.08. The van der Waals surface area contributed by atoms with Crippen LogP contribution in [0.25, 0.3) is 0 Å². The Morgan fingerprint density at radius 1 is 1.17 bits per heavy atom. The first-order valence-corrected chi connectivity index (χ1v) is 5.66. The van der Waals surface area contributed by atoms with E-state index in [0.717, 1.165) is 11.3 Å². The van der Waals surface area contributed by atoms with Crippen LogP contribution < -0.4 is 15.4 Å². The largest absolute Gasteiger partial charge is 0.493 e. The van der Waals surface area contributed by atoms with Gasteiger partial charge >= 0.3 is 11.8 Å². The van der Waals surface area contributed by atoms with Gasteiger partial charge in [0.05, 0.1) is 12.6 Å². The fourth-order valence-corrected chi connectivity index (χ4v) is 2.04. The summed E-state index contributed by atoms with van der Waals surface area (Å²) in [5.41, 5.74) is 0.964. The monoisotopic (exact) mass is 245 g/mol. The van der Waals surface area contributed by atoms with E-state index >= 15 is 0 Å². The van der Waals surface area contributed by atoms with E-state index in [2.05, 4.69) is 15.6 Å². The molecule has 1 unspecified atom stereocenters. The van der Waals surface area contributed by atoms with E-state index in [1.54, 1.807) is 0 Å². The molecule has 6 nitrogen and oxygen atoms in total. The number of amides is 2. The van der Waals surface area contributed by atoms with E-state index in [9.17, 15) is 9.59 Å². The van der Waals surface area contributed by atoms with Gasteiger partial charge in [0.2, 0.25) is 5.96 Å². The van der Waals surface area contributed by atoms with Gasteiger partial charge in [-0.25, -0.2) is 4.99 Å². The molecule has 2 N–H and O–H groups in total. The Labute approximate surface area is 103 Å². The third kappa shape index (κ3) is 1.81. The number of nitrogens with one attached hydrogen (secondary N) is 2. The normalized spacial score (nSPS) is 21.8.